The van der Waals surface area contributed by atoms with Crippen LogP contribution in [0.15, 0.2) is 83.2 Å². The molecule has 1 aromatic heterocycles. The molecule has 1 aliphatic heterocycles. The van der Waals surface area contributed by atoms with Crippen molar-refractivity contribution >= 4 is 17.2 Å². The van der Waals surface area contributed by atoms with Crippen molar-refractivity contribution in [3.05, 3.63) is 89.7 Å². The average molecular weight is 342 g/mol. The van der Waals surface area contributed by atoms with Crippen molar-refractivity contribution in [1.82, 2.24) is 10.4 Å². The third kappa shape index (κ3) is 3.19. The number of fused-ring (bicyclic) bond motifs is 1. The summed E-state index contributed by atoms with van der Waals surface area (Å²) in [7, 11) is 0. The minimum absolute atomic E-state index is 0.647. The van der Waals surface area contributed by atoms with E-state index in [1.54, 1.807) is 12.4 Å². The molecule has 26 heavy (non-hydrogen) atoms. The van der Waals surface area contributed by atoms with Crippen molar-refractivity contribution in [3.8, 4) is 5.75 Å². The monoisotopic (exact) mass is 342 g/mol. The highest BCUT2D eigenvalue weighted by atomic mass is 16.5. The maximum Gasteiger partial charge on any atom is 0.154 e. The van der Waals surface area contributed by atoms with Crippen LogP contribution in [0.5, 0.6) is 5.75 Å². The summed E-state index contributed by atoms with van der Waals surface area (Å²) in [4.78, 5) is 8.83. The molecule has 0 amide bonds. The fourth-order valence-electron chi connectivity index (χ4n) is 2.82. The largest absolute Gasteiger partial charge is 0.494 e. The van der Waals surface area contributed by atoms with Crippen molar-refractivity contribution < 1.29 is 4.74 Å². The Hall–Kier alpha value is -3.47. The molecule has 0 radical (unpaired) electrons. The number of ether oxygens (including phenoxy) is 1. The number of nitrogens with one attached hydrogen (secondary N) is 1. The zero-order valence-electron chi connectivity index (χ0n) is 14.4. The van der Waals surface area contributed by atoms with E-state index in [0.717, 1.165) is 33.8 Å². The summed E-state index contributed by atoms with van der Waals surface area (Å²) in [6, 6.07) is 19.8. The van der Waals surface area contributed by atoms with Crippen LogP contribution in [0.4, 0.5) is 5.69 Å². The highest BCUT2D eigenvalue weighted by molar-refractivity contribution is 6.17. The van der Waals surface area contributed by atoms with E-state index in [1.165, 1.54) is 0 Å². The summed E-state index contributed by atoms with van der Waals surface area (Å²) in [6.45, 7) is 2.62. The Kier molecular flexibility index (Phi) is 4.43. The molecule has 1 N–H and O–H groups in total. The lowest BCUT2D eigenvalue weighted by atomic mass is 10.0. The van der Waals surface area contributed by atoms with Crippen LogP contribution in [0.3, 0.4) is 0 Å². The van der Waals surface area contributed by atoms with Gasteiger partial charge in [-0.1, -0.05) is 18.2 Å². The molecule has 0 bridgehead atoms. The molecule has 0 aliphatic carbocycles. The van der Waals surface area contributed by atoms with Gasteiger partial charge in [0.05, 0.1) is 18.0 Å². The van der Waals surface area contributed by atoms with Crippen LogP contribution in [0.25, 0.3) is 0 Å². The average Bonchev–Trinajstić information content (AvgIpc) is 2.89. The van der Waals surface area contributed by atoms with E-state index in [4.69, 9.17) is 9.73 Å². The van der Waals surface area contributed by atoms with Crippen molar-refractivity contribution in [3.63, 3.8) is 0 Å². The van der Waals surface area contributed by atoms with Gasteiger partial charge in [0.25, 0.3) is 0 Å². The summed E-state index contributed by atoms with van der Waals surface area (Å²) >= 11 is 0. The van der Waals surface area contributed by atoms with Crippen LogP contribution in [0, 0.1) is 0 Å². The van der Waals surface area contributed by atoms with E-state index >= 15 is 0 Å². The highest BCUT2D eigenvalue weighted by Crippen LogP contribution is 2.26. The van der Waals surface area contributed by atoms with Crippen molar-refractivity contribution in [2.45, 2.75) is 6.92 Å². The van der Waals surface area contributed by atoms with Crippen molar-refractivity contribution in [2.75, 3.05) is 6.61 Å². The van der Waals surface area contributed by atoms with Gasteiger partial charge < -0.3 is 4.74 Å². The van der Waals surface area contributed by atoms with Crippen LogP contribution in [0.2, 0.25) is 0 Å². The molecule has 0 saturated heterocycles. The maximum absolute atomic E-state index is 5.53. The molecule has 5 nitrogen and oxygen atoms in total. The zero-order valence-corrected chi connectivity index (χ0v) is 14.4. The molecule has 5 heteroatoms. The van der Waals surface area contributed by atoms with E-state index in [1.807, 2.05) is 67.6 Å². The number of rotatable bonds is 4. The Morgan fingerprint density at radius 3 is 2.42 bits per heavy atom. The van der Waals surface area contributed by atoms with Gasteiger partial charge in [-0.2, -0.15) is 5.10 Å². The molecule has 0 fully saturated rings. The van der Waals surface area contributed by atoms with E-state index in [2.05, 4.69) is 15.5 Å². The van der Waals surface area contributed by atoms with Gasteiger partial charge in [0.15, 0.2) is 5.84 Å². The van der Waals surface area contributed by atoms with E-state index in [0.29, 0.717) is 12.4 Å². The maximum atomic E-state index is 5.53. The number of aromatic nitrogens is 1. The molecular formula is C21H18N4O. The number of amidine groups is 1. The lowest BCUT2D eigenvalue weighted by Crippen LogP contribution is -2.19. The lowest BCUT2D eigenvalue weighted by Gasteiger charge is -2.09. The molecule has 1 aliphatic rings. The summed E-state index contributed by atoms with van der Waals surface area (Å²) in [5.74, 6) is 1.54. The number of aliphatic imine (C=N–C) groups is 1. The number of hydrazone groups is 1. The first-order valence-electron chi connectivity index (χ1n) is 8.50. The van der Waals surface area contributed by atoms with E-state index < -0.39 is 0 Å². The van der Waals surface area contributed by atoms with Crippen LogP contribution in [0.1, 0.15) is 23.6 Å². The van der Waals surface area contributed by atoms with Crippen LogP contribution in [-0.4, -0.2) is 23.1 Å². The number of hydrogen-bond donors (Lipinski definition) is 1. The van der Waals surface area contributed by atoms with Gasteiger partial charge in [0.1, 0.15) is 5.75 Å². The number of pyridine rings is 1. The second kappa shape index (κ2) is 7.19. The quantitative estimate of drug-likeness (QED) is 0.782. The van der Waals surface area contributed by atoms with Crippen LogP contribution >= 0.6 is 0 Å². The first kappa shape index (κ1) is 16.0. The first-order valence-corrected chi connectivity index (χ1v) is 8.50. The number of para-hydroxylation sites is 1. The minimum Gasteiger partial charge on any atom is -0.494 e. The summed E-state index contributed by atoms with van der Waals surface area (Å²) < 4.78 is 5.53. The number of hydrogen-bond acceptors (Lipinski definition) is 5. The molecule has 2 heterocycles. The molecule has 4 rings (SSSR count). The molecule has 0 spiro atoms. The fraction of sp³-hybridized carbons (Fsp3) is 0.0952. The third-order valence-corrected chi connectivity index (χ3v) is 4.06. The normalized spacial score (nSPS) is 13.0. The topological polar surface area (TPSA) is 58.9 Å². The summed E-state index contributed by atoms with van der Waals surface area (Å²) in [5.41, 5.74) is 7.74. The number of benzene rings is 2. The fourth-order valence-corrected chi connectivity index (χ4v) is 2.82. The second-order valence-electron chi connectivity index (χ2n) is 5.74. The SMILES string of the molecule is CCOc1ccc(C2=NNC(c3ccncc3)=Nc3ccccc32)cc1. The minimum atomic E-state index is 0.647. The second-order valence-corrected chi connectivity index (χ2v) is 5.74. The van der Waals surface area contributed by atoms with Gasteiger partial charge in [0.2, 0.25) is 0 Å². The van der Waals surface area contributed by atoms with E-state index in [-0.39, 0.29) is 0 Å². The first-order chi connectivity index (χ1) is 12.8. The predicted octanol–water partition coefficient (Wildman–Crippen LogP) is 3.91. The Labute approximate surface area is 152 Å². The van der Waals surface area contributed by atoms with Crippen molar-refractivity contribution in [2.24, 2.45) is 10.1 Å². The molecule has 2 aromatic carbocycles. The Morgan fingerprint density at radius 1 is 0.885 bits per heavy atom. The van der Waals surface area contributed by atoms with Crippen LogP contribution < -0.4 is 10.2 Å². The highest BCUT2D eigenvalue weighted by Gasteiger charge is 2.16. The lowest BCUT2D eigenvalue weighted by molar-refractivity contribution is 0.340. The Balaban J connectivity index is 1.77. The van der Waals surface area contributed by atoms with Gasteiger partial charge in [-0.25, -0.2) is 4.99 Å². The molecule has 3 aromatic rings. The summed E-state index contributed by atoms with van der Waals surface area (Å²) in [6.07, 6.45) is 3.49. The molecule has 0 atom stereocenters. The summed E-state index contributed by atoms with van der Waals surface area (Å²) in [5, 5.41) is 4.64. The zero-order chi connectivity index (χ0) is 17.8. The molecule has 0 unspecified atom stereocenters. The van der Waals surface area contributed by atoms with E-state index in [9.17, 15) is 0 Å². The number of nitrogens with zero attached hydrogens (tertiary/aromatic N) is 3. The van der Waals surface area contributed by atoms with Crippen molar-refractivity contribution in [1.29, 1.82) is 0 Å². The van der Waals surface area contributed by atoms with Gasteiger partial charge in [-0.05, 0) is 49.4 Å². The smallest absolute Gasteiger partial charge is 0.154 e. The Bertz CT molecular complexity index is 963. The molecule has 128 valence electrons. The van der Waals surface area contributed by atoms with Crippen LogP contribution in [-0.2, 0) is 0 Å². The third-order valence-electron chi connectivity index (χ3n) is 4.06. The van der Waals surface area contributed by atoms with Gasteiger partial charge in [-0.3, -0.25) is 10.4 Å². The standard InChI is InChI=1S/C21H18N4O/c1-2-26-17-9-7-15(8-10-17)20-18-5-3-4-6-19(18)23-21(25-24-20)16-11-13-22-14-12-16/h3-14H,2H2,1H3,(H,23,25). The van der Waals surface area contributed by atoms with Gasteiger partial charge >= 0.3 is 0 Å². The molecular weight excluding hydrogens is 324 g/mol. The van der Waals surface area contributed by atoms with Gasteiger partial charge in [-0.15, -0.1) is 0 Å². The Morgan fingerprint density at radius 2 is 1.65 bits per heavy atom. The predicted molar refractivity (Wildman–Crippen MR) is 103 cm³/mol. The van der Waals surface area contributed by atoms with Gasteiger partial charge in [0, 0.05) is 29.1 Å². The molecule has 0 saturated carbocycles.